The number of piperazine rings is 1. The number of benzene rings is 1. The Morgan fingerprint density at radius 2 is 1.81 bits per heavy atom. The number of carbonyl (C=O) groups excluding carboxylic acids is 2. The Hall–Kier alpha value is -1.68. The predicted molar refractivity (Wildman–Crippen MR) is 103 cm³/mol. The second kappa shape index (κ2) is 9.50. The number of nitrogens with one attached hydrogen (secondary N) is 2. The van der Waals surface area contributed by atoms with E-state index in [9.17, 15) is 18.0 Å². The van der Waals surface area contributed by atoms with E-state index in [1.807, 2.05) is 18.7 Å². The number of hydrogen-bond donors (Lipinski definition) is 2. The van der Waals surface area contributed by atoms with E-state index in [-0.39, 0.29) is 48.9 Å². The Labute approximate surface area is 164 Å². The fourth-order valence-corrected chi connectivity index (χ4v) is 4.44. The second-order valence-corrected chi connectivity index (χ2v) is 9.01. The predicted octanol–water partition coefficient (Wildman–Crippen LogP) is 0.287. The largest absolute Gasteiger partial charge is 0.352 e. The number of hydrogen-bond acceptors (Lipinski definition) is 5. The van der Waals surface area contributed by atoms with Crippen molar-refractivity contribution in [2.75, 3.05) is 39.3 Å². The standard InChI is InChI=1S/C17H25ClN4O4S/c1-13(2)20-16(23)11-19-17(24)12-21-6-8-22(9-7-21)27(25,26)15-5-3-4-14(18)10-15/h3-5,10,13H,6-9,11-12H2,1-2H3,(H,19,24)(H,20,23). The van der Waals surface area contributed by atoms with Crippen LogP contribution < -0.4 is 10.6 Å². The van der Waals surface area contributed by atoms with Crippen LogP contribution in [0.15, 0.2) is 29.2 Å². The summed E-state index contributed by atoms with van der Waals surface area (Å²) >= 11 is 5.89. The summed E-state index contributed by atoms with van der Waals surface area (Å²) in [6, 6.07) is 6.19. The van der Waals surface area contributed by atoms with Gasteiger partial charge in [0, 0.05) is 37.2 Å². The molecule has 1 aromatic carbocycles. The summed E-state index contributed by atoms with van der Waals surface area (Å²) in [6.45, 7) is 5.19. The zero-order valence-electron chi connectivity index (χ0n) is 15.4. The van der Waals surface area contributed by atoms with Gasteiger partial charge in [0.25, 0.3) is 0 Å². The van der Waals surface area contributed by atoms with Crippen molar-refractivity contribution in [1.29, 1.82) is 0 Å². The maximum atomic E-state index is 12.7. The first-order valence-corrected chi connectivity index (χ1v) is 10.5. The maximum absolute atomic E-state index is 12.7. The molecule has 2 rings (SSSR count). The van der Waals surface area contributed by atoms with E-state index < -0.39 is 10.0 Å². The minimum absolute atomic E-state index is 0.0175. The molecule has 8 nitrogen and oxygen atoms in total. The van der Waals surface area contributed by atoms with E-state index in [1.54, 1.807) is 12.1 Å². The average molecular weight is 417 g/mol. The number of rotatable bonds is 7. The maximum Gasteiger partial charge on any atom is 0.243 e. The molecule has 0 radical (unpaired) electrons. The number of carbonyl (C=O) groups is 2. The smallest absolute Gasteiger partial charge is 0.243 e. The summed E-state index contributed by atoms with van der Waals surface area (Å²) in [5.41, 5.74) is 0. The lowest BCUT2D eigenvalue weighted by atomic mass is 10.3. The molecule has 0 spiro atoms. The number of nitrogens with zero attached hydrogens (tertiary/aromatic N) is 2. The molecule has 0 unspecified atom stereocenters. The van der Waals surface area contributed by atoms with Crippen molar-refractivity contribution in [1.82, 2.24) is 19.8 Å². The van der Waals surface area contributed by atoms with Gasteiger partial charge in [-0.15, -0.1) is 0 Å². The van der Waals surface area contributed by atoms with Crippen LogP contribution in [0.3, 0.4) is 0 Å². The Morgan fingerprint density at radius 3 is 2.41 bits per heavy atom. The highest BCUT2D eigenvalue weighted by atomic mass is 35.5. The molecule has 2 amide bonds. The van der Waals surface area contributed by atoms with E-state index in [0.717, 1.165) is 0 Å². The van der Waals surface area contributed by atoms with Gasteiger partial charge in [0.15, 0.2) is 0 Å². The first-order valence-electron chi connectivity index (χ1n) is 8.72. The Morgan fingerprint density at radius 1 is 1.15 bits per heavy atom. The van der Waals surface area contributed by atoms with Crippen molar-refractivity contribution < 1.29 is 18.0 Å². The van der Waals surface area contributed by atoms with Gasteiger partial charge >= 0.3 is 0 Å². The Balaban J connectivity index is 1.81. The van der Waals surface area contributed by atoms with Crippen LogP contribution in [0.5, 0.6) is 0 Å². The summed E-state index contributed by atoms with van der Waals surface area (Å²) in [7, 11) is -3.60. The molecule has 10 heteroatoms. The van der Waals surface area contributed by atoms with Crippen LogP contribution in [0.4, 0.5) is 0 Å². The van der Waals surface area contributed by atoms with Gasteiger partial charge < -0.3 is 10.6 Å². The highest BCUT2D eigenvalue weighted by molar-refractivity contribution is 7.89. The van der Waals surface area contributed by atoms with Gasteiger partial charge in [0.05, 0.1) is 18.0 Å². The molecular formula is C17H25ClN4O4S. The summed E-state index contributed by atoms with van der Waals surface area (Å²) in [5.74, 6) is -0.504. The zero-order chi connectivity index (χ0) is 20.0. The molecule has 1 fully saturated rings. The molecule has 27 heavy (non-hydrogen) atoms. The summed E-state index contributed by atoms with van der Waals surface area (Å²) in [5, 5.41) is 5.63. The van der Waals surface area contributed by atoms with Gasteiger partial charge in [0.2, 0.25) is 21.8 Å². The zero-order valence-corrected chi connectivity index (χ0v) is 17.0. The fourth-order valence-electron chi connectivity index (χ4n) is 2.72. The molecular weight excluding hydrogens is 392 g/mol. The Bertz CT molecular complexity index is 777. The molecule has 1 aliphatic heterocycles. The third-order valence-corrected chi connectivity index (χ3v) is 6.16. The SMILES string of the molecule is CC(C)NC(=O)CNC(=O)CN1CCN(S(=O)(=O)c2cccc(Cl)c2)CC1. The quantitative estimate of drug-likeness (QED) is 0.665. The van der Waals surface area contributed by atoms with Gasteiger partial charge in [-0.1, -0.05) is 17.7 Å². The third-order valence-electron chi connectivity index (χ3n) is 4.03. The normalized spacial score (nSPS) is 16.3. The second-order valence-electron chi connectivity index (χ2n) is 6.64. The molecule has 1 heterocycles. The van der Waals surface area contributed by atoms with Crippen LogP contribution in [0.25, 0.3) is 0 Å². The summed E-state index contributed by atoms with van der Waals surface area (Å²) in [6.07, 6.45) is 0. The number of amides is 2. The lowest BCUT2D eigenvalue weighted by Crippen LogP contribution is -2.51. The van der Waals surface area contributed by atoms with Gasteiger partial charge in [0.1, 0.15) is 0 Å². The van der Waals surface area contributed by atoms with Gasteiger partial charge in [-0.2, -0.15) is 4.31 Å². The van der Waals surface area contributed by atoms with Crippen LogP contribution in [-0.2, 0) is 19.6 Å². The topological polar surface area (TPSA) is 98.8 Å². The lowest BCUT2D eigenvalue weighted by molar-refractivity contribution is -0.127. The number of halogens is 1. The highest BCUT2D eigenvalue weighted by Crippen LogP contribution is 2.20. The third kappa shape index (κ3) is 6.46. The minimum Gasteiger partial charge on any atom is -0.352 e. The van der Waals surface area contributed by atoms with Gasteiger partial charge in [-0.3, -0.25) is 14.5 Å². The average Bonchev–Trinajstić information content (AvgIpc) is 2.60. The van der Waals surface area contributed by atoms with Crippen molar-refractivity contribution in [3.8, 4) is 0 Å². The molecule has 0 aromatic heterocycles. The van der Waals surface area contributed by atoms with Crippen LogP contribution in [0.1, 0.15) is 13.8 Å². The van der Waals surface area contributed by atoms with Crippen molar-refractivity contribution in [2.24, 2.45) is 0 Å². The molecule has 0 bridgehead atoms. The van der Waals surface area contributed by atoms with Crippen molar-refractivity contribution >= 4 is 33.4 Å². The summed E-state index contributed by atoms with van der Waals surface area (Å²) in [4.78, 5) is 25.5. The molecule has 150 valence electrons. The van der Waals surface area contributed by atoms with E-state index in [1.165, 1.54) is 16.4 Å². The van der Waals surface area contributed by atoms with Crippen molar-refractivity contribution in [2.45, 2.75) is 24.8 Å². The minimum atomic E-state index is -3.60. The first-order chi connectivity index (χ1) is 12.7. The molecule has 0 atom stereocenters. The van der Waals surface area contributed by atoms with E-state index >= 15 is 0 Å². The highest BCUT2D eigenvalue weighted by Gasteiger charge is 2.29. The van der Waals surface area contributed by atoms with Crippen LogP contribution in [-0.4, -0.2) is 74.7 Å². The van der Waals surface area contributed by atoms with Crippen LogP contribution in [0.2, 0.25) is 5.02 Å². The molecule has 0 saturated carbocycles. The monoisotopic (exact) mass is 416 g/mol. The van der Waals surface area contributed by atoms with Crippen molar-refractivity contribution in [3.05, 3.63) is 29.3 Å². The number of sulfonamides is 1. The van der Waals surface area contributed by atoms with Gasteiger partial charge in [-0.05, 0) is 32.0 Å². The summed E-state index contributed by atoms with van der Waals surface area (Å²) < 4.78 is 26.7. The fraction of sp³-hybridized carbons (Fsp3) is 0.529. The van der Waals surface area contributed by atoms with E-state index in [0.29, 0.717) is 18.1 Å². The molecule has 1 aromatic rings. The van der Waals surface area contributed by atoms with E-state index in [2.05, 4.69) is 10.6 Å². The molecule has 1 saturated heterocycles. The van der Waals surface area contributed by atoms with Crippen LogP contribution >= 0.6 is 11.6 Å². The molecule has 2 N–H and O–H groups in total. The van der Waals surface area contributed by atoms with E-state index in [4.69, 9.17) is 11.6 Å². The molecule has 1 aliphatic rings. The van der Waals surface area contributed by atoms with Crippen LogP contribution in [0, 0.1) is 0 Å². The Kier molecular flexibility index (Phi) is 7.60. The lowest BCUT2D eigenvalue weighted by Gasteiger charge is -2.33. The van der Waals surface area contributed by atoms with Crippen molar-refractivity contribution in [3.63, 3.8) is 0 Å². The molecule has 0 aliphatic carbocycles. The van der Waals surface area contributed by atoms with Gasteiger partial charge in [-0.25, -0.2) is 8.42 Å². The first kappa shape index (κ1) is 21.6.